The highest BCUT2D eigenvalue weighted by Crippen LogP contribution is 2.28. The molecule has 0 radical (unpaired) electrons. The number of nitrogens with zero attached hydrogens (tertiary/aromatic N) is 3. The summed E-state index contributed by atoms with van der Waals surface area (Å²) in [7, 11) is 4.27. The van der Waals surface area contributed by atoms with Crippen LogP contribution in [0.1, 0.15) is 24.0 Å². The summed E-state index contributed by atoms with van der Waals surface area (Å²) >= 11 is 0. The van der Waals surface area contributed by atoms with Crippen molar-refractivity contribution in [3.05, 3.63) is 29.3 Å². The van der Waals surface area contributed by atoms with E-state index in [9.17, 15) is 5.26 Å². The Kier molecular flexibility index (Phi) is 3.88. The van der Waals surface area contributed by atoms with Crippen molar-refractivity contribution in [3.8, 4) is 6.07 Å². The van der Waals surface area contributed by atoms with E-state index in [0.29, 0.717) is 6.04 Å². The van der Waals surface area contributed by atoms with Crippen LogP contribution < -0.4 is 4.90 Å². The highest BCUT2D eigenvalue weighted by molar-refractivity contribution is 5.64. The molecule has 1 aromatic carbocycles. The van der Waals surface area contributed by atoms with Crippen LogP contribution in [0.5, 0.6) is 0 Å². The zero-order chi connectivity index (χ0) is 13.1. The molecule has 96 valence electrons. The van der Waals surface area contributed by atoms with Gasteiger partial charge in [0.2, 0.25) is 0 Å². The molecule has 1 unspecified atom stereocenters. The summed E-state index contributed by atoms with van der Waals surface area (Å²) < 4.78 is 0. The van der Waals surface area contributed by atoms with Crippen molar-refractivity contribution in [1.29, 1.82) is 5.26 Å². The lowest BCUT2D eigenvalue weighted by Crippen LogP contribution is -2.45. The first kappa shape index (κ1) is 12.9. The maximum Gasteiger partial charge on any atom is 0.101 e. The van der Waals surface area contributed by atoms with Gasteiger partial charge in [0.05, 0.1) is 11.3 Å². The first-order valence-electron chi connectivity index (χ1n) is 6.54. The van der Waals surface area contributed by atoms with Crippen LogP contribution in [0.15, 0.2) is 18.2 Å². The molecular formula is C15H21N3. The van der Waals surface area contributed by atoms with Crippen molar-refractivity contribution in [1.82, 2.24) is 4.90 Å². The lowest BCUT2D eigenvalue weighted by molar-refractivity contribution is 0.258. The molecule has 1 saturated heterocycles. The maximum absolute atomic E-state index is 9.26. The number of likely N-dealkylation sites (N-methyl/N-ethyl adjacent to an activating group) is 1. The van der Waals surface area contributed by atoms with Gasteiger partial charge < -0.3 is 9.80 Å². The Morgan fingerprint density at radius 2 is 2.17 bits per heavy atom. The van der Waals surface area contributed by atoms with Gasteiger partial charge in [0.1, 0.15) is 6.07 Å². The fraction of sp³-hybridized carbons (Fsp3) is 0.533. The fourth-order valence-corrected chi connectivity index (χ4v) is 2.75. The van der Waals surface area contributed by atoms with E-state index in [1.807, 2.05) is 12.1 Å². The number of nitriles is 1. The minimum Gasteiger partial charge on any atom is -0.369 e. The van der Waals surface area contributed by atoms with Gasteiger partial charge in [-0.2, -0.15) is 5.26 Å². The number of para-hydroxylation sites is 1. The van der Waals surface area contributed by atoms with Gasteiger partial charge in [-0.25, -0.2) is 0 Å². The Morgan fingerprint density at radius 3 is 2.83 bits per heavy atom. The zero-order valence-corrected chi connectivity index (χ0v) is 11.5. The largest absolute Gasteiger partial charge is 0.369 e. The van der Waals surface area contributed by atoms with Crippen LogP contribution >= 0.6 is 0 Å². The number of hydrogen-bond acceptors (Lipinski definition) is 3. The van der Waals surface area contributed by atoms with E-state index in [2.05, 4.69) is 43.0 Å². The first-order chi connectivity index (χ1) is 8.63. The van der Waals surface area contributed by atoms with E-state index in [1.54, 1.807) is 0 Å². The van der Waals surface area contributed by atoms with Crippen molar-refractivity contribution in [2.45, 2.75) is 25.8 Å². The number of piperidine rings is 1. The molecular weight excluding hydrogens is 222 g/mol. The van der Waals surface area contributed by atoms with Gasteiger partial charge in [0.15, 0.2) is 0 Å². The molecule has 1 aliphatic rings. The fourth-order valence-electron chi connectivity index (χ4n) is 2.75. The predicted octanol–water partition coefficient (Wildman–Crippen LogP) is 2.40. The van der Waals surface area contributed by atoms with Crippen LogP contribution in [0.2, 0.25) is 0 Å². The minimum atomic E-state index is 0.588. The monoisotopic (exact) mass is 243 g/mol. The van der Waals surface area contributed by atoms with E-state index < -0.39 is 0 Å². The summed E-state index contributed by atoms with van der Waals surface area (Å²) in [4.78, 5) is 4.67. The lowest BCUT2D eigenvalue weighted by Gasteiger charge is -2.38. The third kappa shape index (κ3) is 2.49. The van der Waals surface area contributed by atoms with Gasteiger partial charge in [-0.05, 0) is 45.5 Å². The molecule has 0 saturated carbocycles. The molecule has 0 aromatic heterocycles. The summed E-state index contributed by atoms with van der Waals surface area (Å²) in [5.74, 6) is 0. The van der Waals surface area contributed by atoms with Crippen LogP contribution in [0.4, 0.5) is 5.69 Å². The van der Waals surface area contributed by atoms with Crippen LogP contribution in [0.25, 0.3) is 0 Å². The van der Waals surface area contributed by atoms with E-state index in [4.69, 9.17) is 0 Å². The van der Waals surface area contributed by atoms with Crippen molar-refractivity contribution in [2.75, 3.05) is 32.1 Å². The Morgan fingerprint density at radius 1 is 1.39 bits per heavy atom. The Labute approximate surface area is 110 Å². The first-order valence-corrected chi connectivity index (χ1v) is 6.54. The molecule has 0 bridgehead atoms. The number of benzene rings is 1. The second-order valence-corrected chi connectivity index (χ2v) is 5.29. The molecule has 18 heavy (non-hydrogen) atoms. The van der Waals surface area contributed by atoms with Crippen molar-refractivity contribution >= 4 is 5.69 Å². The van der Waals surface area contributed by atoms with Gasteiger partial charge in [0.25, 0.3) is 0 Å². The molecule has 0 N–H and O–H groups in total. The van der Waals surface area contributed by atoms with E-state index in [1.165, 1.54) is 18.4 Å². The lowest BCUT2D eigenvalue weighted by atomic mass is 10.0. The number of anilines is 1. The maximum atomic E-state index is 9.26. The number of hydrogen-bond donors (Lipinski definition) is 0. The van der Waals surface area contributed by atoms with Gasteiger partial charge >= 0.3 is 0 Å². The molecule has 3 nitrogen and oxygen atoms in total. The third-order valence-corrected chi connectivity index (χ3v) is 3.80. The number of rotatable bonds is 2. The van der Waals surface area contributed by atoms with Gasteiger partial charge in [-0.15, -0.1) is 0 Å². The van der Waals surface area contributed by atoms with Gasteiger partial charge in [0, 0.05) is 19.1 Å². The smallest absolute Gasteiger partial charge is 0.101 e. The van der Waals surface area contributed by atoms with Gasteiger partial charge in [-0.3, -0.25) is 0 Å². The molecule has 2 rings (SSSR count). The second kappa shape index (κ2) is 5.41. The topological polar surface area (TPSA) is 30.3 Å². The zero-order valence-electron chi connectivity index (χ0n) is 11.5. The second-order valence-electron chi connectivity index (χ2n) is 5.29. The normalized spacial score (nSPS) is 19.9. The summed E-state index contributed by atoms with van der Waals surface area (Å²) in [6.45, 7) is 4.17. The molecule has 0 spiro atoms. The van der Waals surface area contributed by atoms with Crippen LogP contribution in [-0.4, -0.2) is 38.1 Å². The highest BCUT2D eigenvalue weighted by Gasteiger charge is 2.23. The van der Waals surface area contributed by atoms with Crippen LogP contribution in [0, 0.1) is 18.3 Å². The Hall–Kier alpha value is -1.53. The SMILES string of the molecule is Cc1cccc(C#N)c1N1CCCC(N(C)C)C1. The molecule has 3 heteroatoms. The average molecular weight is 243 g/mol. The quantitative estimate of drug-likeness (QED) is 0.799. The van der Waals surface area contributed by atoms with E-state index >= 15 is 0 Å². The summed E-state index contributed by atoms with van der Waals surface area (Å²) in [6, 6.07) is 8.88. The molecule has 1 fully saturated rings. The van der Waals surface area contributed by atoms with E-state index in [0.717, 1.165) is 24.3 Å². The van der Waals surface area contributed by atoms with Crippen LogP contribution in [0.3, 0.4) is 0 Å². The van der Waals surface area contributed by atoms with Crippen LogP contribution in [-0.2, 0) is 0 Å². The van der Waals surface area contributed by atoms with Crippen molar-refractivity contribution in [2.24, 2.45) is 0 Å². The predicted molar refractivity (Wildman–Crippen MR) is 74.8 cm³/mol. The molecule has 0 amide bonds. The standard InChI is InChI=1S/C15H21N3/c1-12-6-4-7-13(10-16)15(12)18-9-5-8-14(11-18)17(2)3/h4,6-7,14H,5,8-9,11H2,1-3H3. The minimum absolute atomic E-state index is 0.588. The van der Waals surface area contributed by atoms with Crippen molar-refractivity contribution in [3.63, 3.8) is 0 Å². The summed E-state index contributed by atoms with van der Waals surface area (Å²) in [6.07, 6.45) is 2.44. The summed E-state index contributed by atoms with van der Waals surface area (Å²) in [5.41, 5.74) is 3.13. The molecule has 0 aliphatic carbocycles. The summed E-state index contributed by atoms with van der Waals surface area (Å²) in [5, 5.41) is 9.26. The Bertz CT molecular complexity index is 459. The number of aryl methyl sites for hydroxylation is 1. The highest BCUT2D eigenvalue weighted by atomic mass is 15.2. The van der Waals surface area contributed by atoms with Crippen molar-refractivity contribution < 1.29 is 0 Å². The average Bonchev–Trinajstić information content (AvgIpc) is 2.38. The molecule has 1 aromatic rings. The van der Waals surface area contributed by atoms with Gasteiger partial charge in [-0.1, -0.05) is 12.1 Å². The van der Waals surface area contributed by atoms with E-state index in [-0.39, 0.29) is 0 Å². The molecule has 1 heterocycles. The molecule has 1 aliphatic heterocycles. The Balaban J connectivity index is 2.29. The third-order valence-electron chi connectivity index (χ3n) is 3.80. The molecule has 1 atom stereocenters.